The Labute approximate surface area is 160 Å². The van der Waals surface area contributed by atoms with Gasteiger partial charge in [-0.05, 0) is 30.0 Å². The van der Waals surface area contributed by atoms with E-state index in [0.29, 0.717) is 23.6 Å². The van der Waals surface area contributed by atoms with Gasteiger partial charge in [0.15, 0.2) is 0 Å². The second-order valence-electron chi connectivity index (χ2n) is 7.13. The van der Waals surface area contributed by atoms with Crippen molar-refractivity contribution in [3.05, 3.63) is 65.7 Å². The second-order valence-corrected chi connectivity index (χ2v) is 7.13. The summed E-state index contributed by atoms with van der Waals surface area (Å²) < 4.78 is 38.8. The second kappa shape index (κ2) is 6.96. The number of hydrogen-bond donors (Lipinski definition) is 0. The van der Waals surface area contributed by atoms with Crippen LogP contribution in [0.4, 0.5) is 18.9 Å². The number of carbonyl (C=O) groups is 2. The first-order valence-corrected chi connectivity index (χ1v) is 9.21. The Balaban J connectivity index is 1.64. The van der Waals surface area contributed by atoms with Crippen LogP contribution in [0.2, 0.25) is 0 Å². The normalized spacial score (nSPS) is 21.7. The molecule has 0 aromatic heterocycles. The van der Waals surface area contributed by atoms with Gasteiger partial charge in [-0.25, -0.2) is 0 Å². The molecule has 146 valence electrons. The third-order valence-electron chi connectivity index (χ3n) is 5.48. The number of hydrogen-bond acceptors (Lipinski definition) is 2. The minimum atomic E-state index is -4.97. The van der Waals surface area contributed by atoms with Gasteiger partial charge < -0.3 is 9.80 Å². The summed E-state index contributed by atoms with van der Waals surface area (Å²) in [7, 11) is 0. The van der Waals surface area contributed by atoms with Crippen LogP contribution >= 0.6 is 0 Å². The molecular weight excluding hydrogens is 369 g/mol. The third-order valence-corrected chi connectivity index (χ3v) is 5.48. The summed E-state index contributed by atoms with van der Waals surface area (Å²) in [5, 5.41) is 0. The van der Waals surface area contributed by atoms with Gasteiger partial charge in [0.2, 0.25) is 5.91 Å². The lowest BCUT2D eigenvalue weighted by molar-refractivity contribution is -0.186. The number of nitrogens with zero attached hydrogens (tertiary/aromatic N) is 2. The van der Waals surface area contributed by atoms with Gasteiger partial charge in [0.05, 0.1) is 0 Å². The Morgan fingerprint density at radius 3 is 2.36 bits per heavy atom. The summed E-state index contributed by atoms with van der Waals surface area (Å²) >= 11 is 0. The van der Waals surface area contributed by atoms with Crippen LogP contribution in [-0.4, -0.2) is 42.0 Å². The number of fused-ring (bicyclic) bond motifs is 1. The summed E-state index contributed by atoms with van der Waals surface area (Å²) in [6.45, 7) is 0.305. The van der Waals surface area contributed by atoms with Crippen molar-refractivity contribution in [1.29, 1.82) is 0 Å². The highest BCUT2D eigenvalue weighted by atomic mass is 19.4. The number of likely N-dealkylation sites (tertiary alicyclic amines) is 1. The summed E-state index contributed by atoms with van der Waals surface area (Å²) in [4.78, 5) is 27.2. The standard InChI is InChI=1S/C21H19F3N2O2/c22-21(23,24)20(28)25-12-6-11-18(25)19(27)26-13-16(14-7-2-1-3-8-14)15-9-4-5-10-17(15)26/h1-5,7-10,16,18H,6,11-13H2/t16?,18-/m1/s1. The smallest absolute Gasteiger partial charge is 0.323 e. The largest absolute Gasteiger partial charge is 0.471 e. The fourth-order valence-electron chi connectivity index (χ4n) is 4.20. The van der Waals surface area contributed by atoms with Gasteiger partial charge >= 0.3 is 12.1 Å². The highest BCUT2D eigenvalue weighted by molar-refractivity contribution is 6.02. The molecule has 2 atom stereocenters. The first-order valence-electron chi connectivity index (χ1n) is 9.21. The van der Waals surface area contributed by atoms with E-state index in [9.17, 15) is 22.8 Å². The van der Waals surface area contributed by atoms with Crippen LogP contribution in [0.3, 0.4) is 0 Å². The van der Waals surface area contributed by atoms with Gasteiger partial charge in [-0.3, -0.25) is 9.59 Å². The Bertz CT molecular complexity index is 898. The minimum Gasteiger partial charge on any atom is -0.323 e. The molecule has 0 spiro atoms. The third kappa shape index (κ3) is 3.15. The van der Waals surface area contributed by atoms with Gasteiger partial charge in [-0.2, -0.15) is 13.2 Å². The van der Waals surface area contributed by atoms with E-state index in [0.717, 1.165) is 11.1 Å². The highest BCUT2D eigenvalue weighted by Crippen LogP contribution is 2.41. The monoisotopic (exact) mass is 388 g/mol. The minimum absolute atomic E-state index is 0.0467. The summed E-state index contributed by atoms with van der Waals surface area (Å²) in [5.41, 5.74) is 2.71. The van der Waals surface area contributed by atoms with Crippen LogP contribution in [0, 0.1) is 0 Å². The molecule has 2 aliphatic heterocycles. The number of benzene rings is 2. The van der Waals surface area contributed by atoms with Crippen molar-refractivity contribution < 1.29 is 22.8 Å². The van der Waals surface area contributed by atoms with Crippen LogP contribution in [0.5, 0.6) is 0 Å². The summed E-state index contributed by atoms with van der Waals surface area (Å²) in [6.07, 6.45) is -4.34. The maximum absolute atomic E-state index is 13.2. The highest BCUT2D eigenvalue weighted by Gasteiger charge is 2.49. The van der Waals surface area contributed by atoms with Crippen molar-refractivity contribution in [3.63, 3.8) is 0 Å². The molecule has 1 unspecified atom stereocenters. The maximum Gasteiger partial charge on any atom is 0.471 e. The van der Waals surface area contributed by atoms with Crippen LogP contribution in [-0.2, 0) is 9.59 Å². The zero-order valence-corrected chi connectivity index (χ0v) is 15.0. The van der Waals surface area contributed by atoms with E-state index < -0.39 is 24.0 Å². The molecule has 4 rings (SSSR count). The predicted octanol–water partition coefficient (Wildman–Crippen LogP) is 3.72. The average Bonchev–Trinajstić information content (AvgIpc) is 3.32. The van der Waals surface area contributed by atoms with E-state index in [1.807, 2.05) is 42.5 Å². The van der Waals surface area contributed by atoms with Gasteiger partial charge in [-0.1, -0.05) is 48.5 Å². The number of para-hydroxylation sites is 1. The molecule has 4 nitrogen and oxygen atoms in total. The molecule has 0 saturated carbocycles. The summed E-state index contributed by atoms with van der Waals surface area (Å²) in [5.74, 6) is -2.43. The lowest BCUT2D eigenvalue weighted by Gasteiger charge is -2.29. The Morgan fingerprint density at radius 1 is 0.964 bits per heavy atom. The number of amides is 2. The first-order chi connectivity index (χ1) is 13.4. The molecule has 1 fully saturated rings. The maximum atomic E-state index is 13.2. The quantitative estimate of drug-likeness (QED) is 0.787. The zero-order chi connectivity index (χ0) is 19.9. The molecule has 2 amide bonds. The van der Waals surface area contributed by atoms with E-state index in [1.54, 1.807) is 17.0 Å². The number of carbonyl (C=O) groups excluding carboxylic acids is 2. The van der Waals surface area contributed by atoms with Crippen molar-refractivity contribution in [2.75, 3.05) is 18.0 Å². The Kier molecular flexibility index (Phi) is 4.61. The molecule has 0 radical (unpaired) electrons. The Morgan fingerprint density at radius 2 is 1.64 bits per heavy atom. The molecular formula is C21H19F3N2O2. The predicted molar refractivity (Wildman–Crippen MR) is 97.9 cm³/mol. The molecule has 1 saturated heterocycles. The lowest BCUT2D eigenvalue weighted by atomic mass is 9.93. The van der Waals surface area contributed by atoms with E-state index in [-0.39, 0.29) is 18.9 Å². The van der Waals surface area contributed by atoms with Crippen molar-refractivity contribution in [3.8, 4) is 0 Å². The number of halogens is 3. The zero-order valence-electron chi connectivity index (χ0n) is 15.0. The van der Waals surface area contributed by atoms with Gasteiger partial charge in [0.1, 0.15) is 6.04 Å². The van der Waals surface area contributed by atoms with Crippen LogP contribution in [0.25, 0.3) is 0 Å². The SMILES string of the molecule is O=C([C@H]1CCCN1C(=O)C(F)(F)F)N1CC(c2ccccc2)c2ccccc21. The van der Waals surface area contributed by atoms with E-state index >= 15 is 0 Å². The van der Waals surface area contributed by atoms with Crippen molar-refractivity contribution >= 4 is 17.5 Å². The molecule has 2 aliphatic rings. The fraction of sp³-hybridized carbons (Fsp3) is 0.333. The summed E-state index contributed by atoms with van der Waals surface area (Å²) in [6, 6.07) is 16.1. The first kappa shape index (κ1) is 18.5. The fourth-order valence-corrected chi connectivity index (χ4v) is 4.20. The Hall–Kier alpha value is -2.83. The molecule has 0 bridgehead atoms. The van der Waals surface area contributed by atoms with Crippen LogP contribution in [0.15, 0.2) is 54.6 Å². The van der Waals surface area contributed by atoms with Crippen molar-refractivity contribution in [2.45, 2.75) is 31.0 Å². The van der Waals surface area contributed by atoms with Crippen molar-refractivity contribution in [2.24, 2.45) is 0 Å². The van der Waals surface area contributed by atoms with Gasteiger partial charge in [0, 0.05) is 24.7 Å². The molecule has 2 aromatic rings. The van der Waals surface area contributed by atoms with Gasteiger partial charge in [-0.15, -0.1) is 0 Å². The van der Waals surface area contributed by atoms with E-state index in [2.05, 4.69) is 0 Å². The molecule has 0 N–H and O–H groups in total. The lowest BCUT2D eigenvalue weighted by Crippen LogP contribution is -2.51. The molecule has 28 heavy (non-hydrogen) atoms. The molecule has 2 aromatic carbocycles. The van der Waals surface area contributed by atoms with Gasteiger partial charge in [0.25, 0.3) is 0 Å². The number of anilines is 1. The molecule has 2 heterocycles. The topological polar surface area (TPSA) is 40.6 Å². The molecule has 7 heteroatoms. The van der Waals surface area contributed by atoms with Crippen molar-refractivity contribution in [1.82, 2.24) is 4.90 Å². The van der Waals surface area contributed by atoms with Crippen LogP contribution in [0.1, 0.15) is 29.9 Å². The van der Waals surface area contributed by atoms with E-state index in [4.69, 9.17) is 0 Å². The van der Waals surface area contributed by atoms with Crippen LogP contribution < -0.4 is 4.90 Å². The number of alkyl halides is 3. The number of rotatable bonds is 2. The van der Waals surface area contributed by atoms with E-state index in [1.165, 1.54) is 0 Å². The molecule has 0 aliphatic carbocycles. The average molecular weight is 388 g/mol.